The number of rotatable bonds is 4. The number of carbonyl (C=O) groups excluding carboxylic acids is 1. The summed E-state index contributed by atoms with van der Waals surface area (Å²) in [6, 6.07) is 5.70. The Hall–Kier alpha value is -0.920. The highest BCUT2D eigenvalue weighted by Crippen LogP contribution is 2.17. The van der Waals surface area contributed by atoms with Crippen LogP contribution >= 0.6 is 15.9 Å². The molecule has 0 heterocycles. The summed E-state index contributed by atoms with van der Waals surface area (Å²) in [6.45, 7) is 3.84. The number of nitrogens with one attached hydrogen (secondary N) is 1. The van der Waals surface area contributed by atoms with Gasteiger partial charge < -0.3 is 5.32 Å². The average molecular weight is 335 g/mol. The van der Waals surface area contributed by atoms with Gasteiger partial charge in [-0.1, -0.05) is 29.8 Å². The molecule has 1 atom stereocenters. The van der Waals surface area contributed by atoms with Crippen molar-refractivity contribution < 1.29 is 13.2 Å². The number of alkyl halides is 1. The van der Waals surface area contributed by atoms with Crippen molar-refractivity contribution in [1.82, 2.24) is 0 Å². The van der Waals surface area contributed by atoms with Crippen LogP contribution in [-0.2, 0) is 14.8 Å². The maximum Gasteiger partial charge on any atom is 0.238 e. The maximum absolute atomic E-state index is 11.7. The van der Waals surface area contributed by atoms with Crippen molar-refractivity contribution in [3.63, 3.8) is 0 Å². The van der Waals surface area contributed by atoms with Gasteiger partial charge in [0.1, 0.15) is 0 Å². The normalized spacial score (nSPS) is 13.4. The van der Waals surface area contributed by atoms with Crippen LogP contribution in [0.4, 0.5) is 5.69 Å². The Morgan fingerprint density at radius 2 is 1.78 bits per heavy atom. The van der Waals surface area contributed by atoms with Crippen LogP contribution in [0.5, 0.6) is 0 Å². The highest BCUT2D eigenvalue weighted by atomic mass is 79.9. The Morgan fingerprint density at radius 3 is 2.17 bits per heavy atom. The summed E-state index contributed by atoms with van der Waals surface area (Å²) in [5.74, 6) is -0.0120. The zero-order valence-electron chi connectivity index (χ0n) is 10.1. The molecule has 0 bridgehead atoms. The molecule has 0 fully saturated rings. The second kappa shape index (κ2) is 5.81. The van der Waals surface area contributed by atoms with E-state index in [1.165, 1.54) is 24.3 Å². The summed E-state index contributed by atoms with van der Waals surface area (Å²) in [5, 5.41) is 7.65. The van der Waals surface area contributed by atoms with Gasteiger partial charge in [0.05, 0.1) is 9.72 Å². The molecule has 0 aliphatic rings. The predicted octanol–water partition coefficient (Wildman–Crippen LogP) is 1.69. The first kappa shape index (κ1) is 15.1. The molecule has 0 aliphatic heterocycles. The number of anilines is 1. The fourth-order valence-corrected chi connectivity index (χ4v) is 1.87. The molecule has 1 rings (SSSR count). The molecule has 0 spiro atoms. The third-order valence-electron chi connectivity index (χ3n) is 2.29. The van der Waals surface area contributed by atoms with Crippen LogP contribution in [0.3, 0.4) is 0 Å². The molecule has 100 valence electrons. The van der Waals surface area contributed by atoms with Crippen LogP contribution in [0.15, 0.2) is 29.2 Å². The van der Waals surface area contributed by atoms with E-state index in [2.05, 4.69) is 21.2 Å². The molecule has 1 unspecified atom stereocenters. The number of primary sulfonamides is 1. The van der Waals surface area contributed by atoms with Crippen molar-refractivity contribution in [2.45, 2.75) is 23.6 Å². The fraction of sp³-hybridized carbons (Fsp3) is 0.364. The third-order valence-corrected chi connectivity index (χ3v) is 4.69. The van der Waals surface area contributed by atoms with E-state index in [9.17, 15) is 13.2 Å². The fourth-order valence-electron chi connectivity index (χ4n) is 1.24. The minimum atomic E-state index is -3.70. The molecule has 0 radical (unpaired) electrons. The van der Waals surface area contributed by atoms with Crippen LogP contribution in [-0.4, -0.2) is 19.2 Å². The average Bonchev–Trinajstić information content (AvgIpc) is 2.27. The SMILES string of the molecule is CC(C)C(Br)C(=O)Nc1ccc(S(N)(=O)=O)cc1. The molecule has 0 saturated carbocycles. The molecule has 0 saturated heterocycles. The van der Waals surface area contributed by atoms with Gasteiger partial charge in [-0.15, -0.1) is 0 Å². The minimum Gasteiger partial charge on any atom is -0.325 e. The van der Waals surface area contributed by atoms with E-state index in [-0.39, 0.29) is 21.5 Å². The molecular formula is C11H15BrN2O3S. The van der Waals surface area contributed by atoms with Gasteiger partial charge in [0.15, 0.2) is 0 Å². The molecule has 5 nitrogen and oxygen atoms in total. The summed E-state index contributed by atoms with van der Waals surface area (Å²) in [4.78, 5) is 11.5. The number of hydrogen-bond donors (Lipinski definition) is 2. The van der Waals surface area contributed by atoms with E-state index < -0.39 is 10.0 Å². The Balaban J connectivity index is 2.79. The van der Waals surface area contributed by atoms with E-state index in [1.807, 2.05) is 13.8 Å². The molecule has 0 aliphatic carbocycles. The summed E-state index contributed by atoms with van der Waals surface area (Å²) in [5.41, 5.74) is 0.525. The van der Waals surface area contributed by atoms with Crippen LogP contribution in [0.1, 0.15) is 13.8 Å². The summed E-state index contributed by atoms with van der Waals surface area (Å²) >= 11 is 3.28. The Morgan fingerprint density at radius 1 is 1.28 bits per heavy atom. The second-order valence-corrected chi connectivity index (χ2v) is 6.75. The van der Waals surface area contributed by atoms with Gasteiger partial charge in [-0.3, -0.25) is 4.79 Å². The lowest BCUT2D eigenvalue weighted by molar-refractivity contribution is -0.116. The maximum atomic E-state index is 11.7. The standard InChI is InChI=1S/C11H15BrN2O3S/c1-7(2)10(12)11(15)14-8-3-5-9(6-4-8)18(13,16)17/h3-7,10H,1-2H3,(H,14,15)(H2,13,16,17). The lowest BCUT2D eigenvalue weighted by atomic mass is 10.1. The van der Waals surface area contributed by atoms with E-state index in [1.54, 1.807) is 0 Å². The molecule has 18 heavy (non-hydrogen) atoms. The van der Waals surface area contributed by atoms with E-state index in [0.717, 1.165) is 0 Å². The van der Waals surface area contributed by atoms with Crippen molar-refractivity contribution in [2.24, 2.45) is 11.1 Å². The van der Waals surface area contributed by atoms with Crippen molar-refractivity contribution in [3.05, 3.63) is 24.3 Å². The summed E-state index contributed by atoms with van der Waals surface area (Å²) < 4.78 is 22.1. The smallest absolute Gasteiger partial charge is 0.238 e. The van der Waals surface area contributed by atoms with Crippen molar-refractivity contribution >= 4 is 37.5 Å². The number of carbonyl (C=O) groups is 1. The molecular weight excluding hydrogens is 320 g/mol. The van der Waals surface area contributed by atoms with E-state index >= 15 is 0 Å². The van der Waals surface area contributed by atoms with Crippen molar-refractivity contribution in [1.29, 1.82) is 0 Å². The predicted molar refractivity (Wildman–Crippen MR) is 74.0 cm³/mol. The third kappa shape index (κ3) is 4.08. The number of amides is 1. The van der Waals surface area contributed by atoms with E-state index in [0.29, 0.717) is 5.69 Å². The van der Waals surface area contributed by atoms with Gasteiger partial charge in [0.25, 0.3) is 0 Å². The zero-order valence-corrected chi connectivity index (χ0v) is 12.5. The first-order valence-electron chi connectivity index (χ1n) is 5.29. The number of benzene rings is 1. The Bertz CT molecular complexity index is 526. The van der Waals surface area contributed by atoms with Gasteiger partial charge in [-0.25, -0.2) is 13.6 Å². The second-order valence-electron chi connectivity index (χ2n) is 4.20. The molecule has 1 aromatic carbocycles. The van der Waals surface area contributed by atoms with E-state index in [4.69, 9.17) is 5.14 Å². The van der Waals surface area contributed by atoms with Crippen LogP contribution in [0.2, 0.25) is 0 Å². The summed E-state index contributed by atoms with van der Waals surface area (Å²) in [6.07, 6.45) is 0. The topological polar surface area (TPSA) is 89.3 Å². The van der Waals surface area contributed by atoms with Crippen LogP contribution in [0, 0.1) is 5.92 Å². The number of halogens is 1. The lowest BCUT2D eigenvalue weighted by Crippen LogP contribution is -2.27. The molecule has 7 heteroatoms. The number of nitrogens with two attached hydrogens (primary N) is 1. The quantitative estimate of drug-likeness (QED) is 0.821. The Labute approximate surface area is 115 Å². The van der Waals surface area contributed by atoms with Gasteiger partial charge in [0.2, 0.25) is 15.9 Å². The minimum absolute atomic E-state index is 0.0137. The highest BCUT2D eigenvalue weighted by Gasteiger charge is 2.18. The number of sulfonamides is 1. The Kier molecular flexibility index (Phi) is 4.89. The first-order valence-corrected chi connectivity index (χ1v) is 7.76. The molecule has 3 N–H and O–H groups in total. The molecule has 1 aromatic rings. The van der Waals surface area contributed by atoms with Gasteiger partial charge >= 0.3 is 0 Å². The highest BCUT2D eigenvalue weighted by molar-refractivity contribution is 9.10. The van der Waals surface area contributed by atoms with Crippen LogP contribution in [0.25, 0.3) is 0 Å². The van der Waals surface area contributed by atoms with Gasteiger partial charge in [-0.05, 0) is 30.2 Å². The monoisotopic (exact) mass is 334 g/mol. The molecule has 1 amide bonds. The number of hydrogen-bond acceptors (Lipinski definition) is 3. The first-order chi connectivity index (χ1) is 8.21. The summed E-state index contributed by atoms with van der Waals surface area (Å²) in [7, 11) is -3.70. The van der Waals surface area contributed by atoms with Gasteiger partial charge in [0, 0.05) is 5.69 Å². The zero-order chi connectivity index (χ0) is 13.9. The van der Waals surface area contributed by atoms with Crippen molar-refractivity contribution in [3.8, 4) is 0 Å². The van der Waals surface area contributed by atoms with Crippen molar-refractivity contribution in [2.75, 3.05) is 5.32 Å². The van der Waals surface area contributed by atoms with Gasteiger partial charge in [-0.2, -0.15) is 0 Å². The largest absolute Gasteiger partial charge is 0.325 e. The van der Waals surface area contributed by atoms with Crippen LogP contribution < -0.4 is 10.5 Å². The lowest BCUT2D eigenvalue weighted by Gasteiger charge is -2.13. The molecule has 0 aromatic heterocycles.